The molecule has 0 bridgehead atoms. The third-order valence-corrected chi connectivity index (χ3v) is 7.22. The summed E-state index contributed by atoms with van der Waals surface area (Å²) in [5.74, 6) is 1.81. The first kappa shape index (κ1) is 28.1. The molecule has 0 saturated carbocycles. The van der Waals surface area contributed by atoms with Gasteiger partial charge >= 0.3 is 7.69 Å². The van der Waals surface area contributed by atoms with Crippen LogP contribution in [-0.4, -0.2) is 7.69 Å². The highest BCUT2D eigenvalue weighted by atomic mass is 16.6. The highest BCUT2D eigenvalue weighted by molar-refractivity contribution is 6.22. The zero-order chi connectivity index (χ0) is 23.4. The second-order valence-electron chi connectivity index (χ2n) is 10.3. The average molecular weight is 456 g/mol. The minimum atomic E-state index is 0.906. The number of fused-ring (bicyclic) bond motifs is 1. The topological polar surface area (TPSA) is 18.5 Å². The second-order valence-corrected chi connectivity index (χ2v) is 10.3. The molecule has 0 saturated heterocycles. The maximum atomic E-state index is 5.55. The summed E-state index contributed by atoms with van der Waals surface area (Å²) in [6.07, 6.45) is 30.2. The minimum absolute atomic E-state index is 0.906. The van der Waals surface area contributed by atoms with Gasteiger partial charge in [-0.1, -0.05) is 129 Å². The second kappa shape index (κ2) is 19.2. The van der Waals surface area contributed by atoms with Crippen molar-refractivity contribution in [1.82, 2.24) is 0 Å². The van der Waals surface area contributed by atoms with Gasteiger partial charge in [0, 0.05) is 0 Å². The molecule has 0 atom stereocenters. The van der Waals surface area contributed by atoms with E-state index in [0.29, 0.717) is 0 Å². The van der Waals surface area contributed by atoms with Crippen LogP contribution in [0.2, 0.25) is 0 Å². The molecule has 3 heteroatoms. The summed E-state index contributed by atoms with van der Waals surface area (Å²) < 4.78 is 11.1. The summed E-state index contributed by atoms with van der Waals surface area (Å²) in [5.41, 5.74) is 2.98. The van der Waals surface area contributed by atoms with Gasteiger partial charge < -0.3 is 9.31 Å². The van der Waals surface area contributed by atoms with Crippen molar-refractivity contribution in [3.8, 4) is 11.5 Å². The number of rotatable bonds is 22. The monoisotopic (exact) mass is 455 g/mol. The van der Waals surface area contributed by atoms with E-state index in [2.05, 4.69) is 26.0 Å². The van der Waals surface area contributed by atoms with Crippen LogP contribution in [0.3, 0.4) is 0 Å². The molecule has 0 fully saturated rings. The molecule has 33 heavy (non-hydrogen) atoms. The molecule has 2 nitrogen and oxygen atoms in total. The van der Waals surface area contributed by atoms with Crippen LogP contribution in [0.5, 0.6) is 11.5 Å². The number of hydrogen-bond donors (Lipinski definition) is 0. The summed E-state index contributed by atoms with van der Waals surface area (Å²) in [7, 11) is 1.47. The summed E-state index contributed by atoms with van der Waals surface area (Å²) in [5, 5.41) is 0. The Morgan fingerprint density at radius 2 is 0.758 bits per heavy atom. The van der Waals surface area contributed by atoms with Gasteiger partial charge in [0.15, 0.2) is 0 Å². The van der Waals surface area contributed by atoms with Crippen LogP contribution in [0.15, 0.2) is 12.1 Å². The fourth-order valence-corrected chi connectivity index (χ4v) is 5.03. The Morgan fingerprint density at radius 1 is 0.455 bits per heavy atom. The van der Waals surface area contributed by atoms with Crippen molar-refractivity contribution in [3.05, 3.63) is 23.3 Å². The van der Waals surface area contributed by atoms with E-state index in [1.54, 1.807) is 0 Å². The molecule has 0 aromatic heterocycles. The van der Waals surface area contributed by atoms with Gasteiger partial charge in [0.25, 0.3) is 0 Å². The summed E-state index contributed by atoms with van der Waals surface area (Å²) in [6.45, 7) is 4.59. The first-order valence-electron chi connectivity index (χ1n) is 14.7. The molecule has 0 amide bonds. The fourth-order valence-electron chi connectivity index (χ4n) is 5.03. The third kappa shape index (κ3) is 12.8. The van der Waals surface area contributed by atoms with E-state index in [1.165, 1.54) is 160 Å². The molecular weight excluding hydrogens is 403 g/mol. The molecule has 1 aromatic carbocycles. The number of benzene rings is 1. The van der Waals surface area contributed by atoms with Crippen LogP contribution in [0.4, 0.5) is 0 Å². The van der Waals surface area contributed by atoms with E-state index >= 15 is 0 Å². The molecule has 1 heterocycles. The normalized spacial score (nSPS) is 12.3. The van der Waals surface area contributed by atoms with E-state index in [9.17, 15) is 0 Å². The first-order valence-corrected chi connectivity index (χ1v) is 14.7. The van der Waals surface area contributed by atoms with Crippen LogP contribution in [0.25, 0.3) is 0 Å². The van der Waals surface area contributed by atoms with E-state index in [0.717, 1.165) is 11.5 Å². The summed E-state index contributed by atoms with van der Waals surface area (Å²) in [4.78, 5) is 0. The summed E-state index contributed by atoms with van der Waals surface area (Å²) >= 11 is 0. The van der Waals surface area contributed by atoms with Gasteiger partial charge in [0.2, 0.25) is 0 Å². The van der Waals surface area contributed by atoms with Crippen molar-refractivity contribution < 1.29 is 9.31 Å². The minimum Gasteiger partial charge on any atom is -0.524 e. The van der Waals surface area contributed by atoms with Gasteiger partial charge in [0.1, 0.15) is 11.5 Å². The van der Waals surface area contributed by atoms with Gasteiger partial charge in [0.05, 0.1) is 0 Å². The Hall–Kier alpha value is -1.12. The van der Waals surface area contributed by atoms with Crippen LogP contribution < -0.4 is 9.31 Å². The number of aryl methyl sites for hydroxylation is 2. The SMILES string of the molecule is CCCCCCCCCCCCc1cc2c(cc1CCCCCCCCCCCC)O[B]O2. The number of hydrogen-bond acceptors (Lipinski definition) is 2. The van der Waals surface area contributed by atoms with Crippen molar-refractivity contribution in [2.75, 3.05) is 0 Å². The molecule has 1 aliphatic heterocycles. The van der Waals surface area contributed by atoms with E-state index in [-0.39, 0.29) is 0 Å². The molecule has 187 valence electrons. The van der Waals surface area contributed by atoms with Gasteiger partial charge in [-0.15, -0.1) is 0 Å². The van der Waals surface area contributed by atoms with E-state index < -0.39 is 0 Å². The molecule has 1 radical (unpaired) electrons. The maximum Gasteiger partial charge on any atom is 0.658 e. The lowest BCUT2D eigenvalue weighted by molar-refractivity contribution is 0.541. The Labute approximate surface area is 206 Å². The largest absolute Gasteiger partial charge is 0.658 e. The molecule has 0 N–H and O–H groups in total. The van der Waals surface area contributed by atoms with Crippen LogP contribution >= 0.6 is 0 Å². The number of unbranched alkanes of at least 4 members (excludes halogenated alkanes) is 18. The van der Waals surface area contributed by atoms with Crippen molar-refractivity contribution in [2.24, 2.45) is 0 Å². The standard InChI is InChI=1S/C30H52BO2/c1-3-5-7-9-11-13-15-17-19-21-23-27-25-29-30(33-31-32-29)26-28(27)24-22-20-18-16-14-12-10-8-6-4-2/h25-26H,3-24H2,1-2H3. The first-order chi connectivity index (χ1) is 16.3. The Balaban J connectivity index is 1.60. The molecule has 1 aromatic rings. The lowest BCUT2D eigenvalue weighted by Gasteiger charge is -2.12. The quantitative estimate of drug-likeness (QED) is 0.128. The zero-order valence-corrected chi connectivity index (χ0v) is 22.1. The van der Waals surface area contributed by atoms with Crippen LogP contribution in [0, 0.1) is 0 Å². The van der Waals surface area contributed by atoms with Crippen LogP contribution in [-0.2, 0) is 12.8 Å². The average Bonchev–Trinajstić information content (AvgIpc) is 3.28. The molecule has 2 rings (SSSR count). The molecule has 0 unspecified atom stereocenters. The molecule has 0 aliphatic carbocycles. The molecule has 1 aliphatic rings. The Morgan fingerprint density at radius 3 is 1.09 bits per heavy atom. The van der Waals surface area contributed by atoms with Crippen molar-refractivity contribution in [2.45, 2.75) is 155 Å². The lowest BCUT2D eigenvalue weighted by atomic mass is 9.95. The van der Waals surface area contributed by atoms with Gasteiger partial charge in [-0.2, -0.15) is 0 Å². The predicted octanol–water partition coefficient (Wildman–Crippen LogP) is 9.92. The van der Waals surface area contributed by atoms with Crippen LogP contribution in [0.1, 0.15) is 153 Å². The smallest absolute Gasteiger partial charge is 0.524 e. The Kier molecular flexibility index (Phi) is 16.4. The van der Waals surface area contributed by atoms with Gasteiger partial charge in [-0.25, -0.2) is 0 Å². The highest BCUT2D eigenvalue weighted by Crippen LogP contribution is 2.35. The molecular formula is C30H52BO2. The van der Waals surface area contributed by atoms with Gasteiger partial charge in [-0.3, -0.25) is 0 Å². The van der Waals surface area contributed by atoms with Crippen molar-refractivity contribution >= 4 is 7.69 Å². The summed E-state index contributed by atoms with van der Waals surface area (Å²) in [6, 6.07) is 4.50. The van der Waals surface area contributed by atoms with Gasteiger partial charge in [-0.05, 0) is 48.9 Å². The van der Waals surface area contributed by atoms with Crippen molar-refractivity contribution in [3.63, 3.8) is 0 Å². The maximum absolute atomic E-state index is 5.55. The predicted molar refractivity (Wildman–Crippen MR) is 145 cm³/mol. The van der Waals surface area contributed by atoms with E-state index in [1.807, 2.05) is 0 Å². The van der Waals surface area contributed by atoms with E-state index in [4.69, 9.17) is 9.31 Å². The highest BCUT2D eigenvalue weighted by Gasteiger charge is 2.19. The lowest BCUT2D eigenvalue weighted by Crippen LogP contribution is -1.99. The van der Waals surface area contributed by atoms with Crippen molar-refractivity contribution in [1.29, 1.82) is 0 Å². The Bertz CT molecular complexity index is 550. The fraction of sp³-hybridized carbons (Fsp3) is 0.800. The molecule has 0 spiro atoms. The zero-order valence-electron chi connectivity index (χ0n) is 22.1. The third-order valence-electron chi connectivity index (χ3n) is 7.22.